The maximum absolute atomic E-state index is 11.6. The van der Waals surface area contributed by atoms with Crippen LogP contribution in [0.2, 0.25) is 0 Å². The highest BCUT2D eigenvalue weighted by Crippen LogP contribution is 2.16. The molecule has 0 aliphatic rings. The van der Waals surface area contributed by atoms with E-state index in [1.165, 1.54) is 5.69 Å². The average molecular weight is 263 g/mol. The molecule has 1 atom stereocenters. The molecule has 1 rings (SSSR count). The summed E-state index contributed by atoms with van der Waals surface area (Å²) >= 11 is 0. The quantitative estimate of drug-likeness (QED) is 0.751. The largest absolute Gasteiger partial charge is 0.372 e. The summed E-state index contributed by atoms with van der Waals surface area (Å²) < 4.78 is 0. The van der Waals surface area contributed by atoms with Gasteiger partial charge in [0, 0.05) is 18.8 Å². The second-order valence-corrected chi connectivity index (χ2v) is 4.89. The van der Waals surface area contributed by atoms with Gasteiger partial charge < -0.3 is 16.0 Å². The molecule has 3 N–H and O–H groups in total. The Bertz CT molecular complexity index is 394. The van der Waals surface area contributed by atoms with Crippen LogP contribution in [0.5, 0.6) is 0 Å². The van der Waals surface area contributed by atoms with Crippen LogP contribution in [0.3, 0.4) is 0 Å². The van der Waals surface area contributed by atoms with E-state index in [0.717, 1.165) is 19.6 Å². The van der Waals surface area contributed by atoms with Crippen LogP contribution in [-0.2, 0) is 4.79 Å². The van der Waals surface area contributed by atoms with E-state index in [9.17, 15) is 4.79 Å². The number of hydrogen-bond donors (Lipinski definition) is 2. The predicted molar refractivity (Wildman–Crippen MR) is 80.2 cm³/mol. The molecule has 0 spiro atoms. The molecule has 0 aliphatic heterocycles. The molecule has 4 heteroatoms. The molecule has 0 aliphatic carbocycles. The molecule has 106 valence electrons. The first-order valence-electron chi connectivity index (χ1n) is 6.88. The molecule has 0 saturated carbocycles. The van der Waals surface area contributed by atoms with Crippen molar-refractivity contribution in [2.45, 2.75) is 32.7 Å². The van der Waals surface area contributed by atoms with E-state index in [4.69, 9.17) is 5.73 Å². The number of hydrogen-bond acceptors (Lipinski definition) is 3. The Kier molecular flexibility index (Phi) is 5.83. The Labute approximate surface area is 116 Å². The second kappa shape index (κ2) is 7.14. The summed E-state index contributed by atoms with van der Waals surface area (Å²) in [5, 5.41) is 3.19. The first kappa shape index (κ1) is 15.5. The van der Waals surface area contributed by atoms with Crippen molar-refractivity contribution in [2.75, 3.05) is 24.5 Å². The lowest BCUT2D eigenvalue weighted by molar-refractivity contribution is -0.124. The molecule has 1 aromatic rings. The number of primary amides is 1. The molecular formula is C15H25N3O. The number of nitrogens with two attached hydrogens (primary N) is 1. The molecular weight excluding hydrogens is 238 g/mol. The van der Waals surface area contributed by atoms with E-state index in [1.807, 2.05) is 32.0 Å². The summed E-state index contributed by atoms with van der Waals surface area (Å²) in [4.78, 5) is 13.8. The number of rotatable bonds is 8. The SMILES string of the molecule is CCNC(C)(CCN(CC)c1ccccc1)C(N)=O. The number of para-hydroxylation sites is 1. The lowest BCUT2D eigenvalue weighted by Crippen LogP contribution is -2.54. The van der Waals surface area contributed by atoms with E-state index in [0.29, 0.717) is 6.42 Å². The van der Waals surface area contributed by atoms with Crippen LogP contribution in [0.25, 0.3) is 0 Å². The van der Waals surface area contributed by atoms with Crippen LogP contribution in [0.1, 0.15) is 27.2 Å². The van der Waals surface area contributed by atoms with Gasteiger partial charge in [-0.25, -0.2) is 0 Å². The Morgan fingerprint density at radius 2 is 1.95 bits per heavy atom. The zero-order valence-corrected chi connectivity index (χ0v) is 12.1. The number of carbonyl (C=O) groups is 1. The molecule has 4 nitrogen and oxygen atoms in total. The van der Waals surface area contributed by atoms with Crippen molar-refractivity contribution in [1.82, 2.24) is 5.32 Å². The molecule has 1 aromatic carbocycles. The Hall–Kier alpha value is -1.55. The van der Waals surface area contributed by atoms with Gasteiger partial charge in [-0.05, 0) is 38.9 Å². The maximum Gasteiger partial charge on any atom is 0.237 e. The monoisotopic (exact) mass is 263 g/mol. The van der Waals surface area contributed by atoms with E-state index < -0.39 is 5.54 Å². The first-order chi connectivity index (χ1) is 9.03. The highest BCUT2D eigenvalue weighted by Gasteiger charge is 2.30. The molecule has 1 unspecified atom stereocenters. The van der Waals surface area contributed by atoms with E-state index >= 15 is 0 Å². The van der Waals surface area contributed by atoms with Crippen molar-refractivity contribution in [3.63, 3.8) is 0 Å². The molecule has 19 heavy (non-hydrogen) atoms. The molecule has 0 bridgehead atoms. The number of nitrogens with zero attached hydrogens (tertiary/aromatic N) is 1. The molecule has 0 radical (unpaired) electrons. The fraction of sp³-hybridized carbons (Fsp3) is 0.533. The van der Waals surface area contributed by atoms with Gasteiger partial charge in [-0.1, -0.05) is 25.1 Å². The minimum atomic E-state index is -0.642. The minimum absolute atomic E-state index is 0.293. The average Bonchev–Trinajstić information content (AvgIpc) is 2.41. The van der Waals surface area contributed by atoms with Gasteiger partial charge in [0.15, 0.2) is 0 Å². The zero-order chi connectivity index (χ0) is 14.3. The highest BCUT2D eigenvalue weighted by molar-refractivity contribution is 5.84. The van der Waals surface area contributed by atoms with Crippen LogP contribution in [0, 0.1) is 0 Å². The van der Waals surface area contributed by atoms with E-state index in [2.05, 4.69) is 29.3 Å². The zero-order valence-electron chi connectivity index (χ0n) is 12.1. The van der Waals surface area contributed by atoms with Gasteiger partial charge in [0.25, 0.3) is 0 Å². The Morgan fingerprint density at radius 1 is 1.32 bits per heavy atom. The Morgan fingerprint density at radius 3 is 2.42 bits per heavy atom. The molecule has 0 saturated heterocycles. The second-order valence-electron chi connectivity index (χ2n) is 4.89. The number of amides is 1. The lowest BCUT2D eigenvalue weighted by Gasteiger charge is -2.31. The summed E-state index contributed by atoms with van der Waals surface area (Å²) in [5.41, 5.74) is 6.04. The molecule has 1 amide bonds. The topological polar surface area (TPSA) is 58.4 Å². The summed E-state index contributed by atoms with van der Waals surface area (Å²) in [5.74, 6) is -0.293. The normalized spacial score (nSPS) is 13.8. The molecule has 0 aromatic heterocycles. The van der Waals surface area contributed by atoms with Gasteiger partial charge in [0.1, 0.15) is 0 Å². The minimum Gasteiger partial charge on any atom is -0.372 e. The van der Waals surface area contributed by atoms with Gasteiger partial charge in [-0.2, -0.15) is 0 Å². The molecule has 0 heterocycles. The number of anilines is 1. The standard InChI is InChI=1S/C15H25N3O/c1-4-17-15(3,14(16)19)11-12-18(5-2)13-9-7-6-8-10-13/h6-10,17H,4-5,11-12H2,1-3H3,(H2,16,19). The van der Waals surface area contributed by atoms with Crippen LogP contribution in [0.4, 0.5) is 5.69 Å². The third-order valence-electron chi connectivity index (χ3n) is 3.50. The number of nitrogens with one attached hydrogen (secondary N) is 1. The fourth-order valence-electron chi connectivity index (χ4n) is 2.16. The van der Waals surface area contributed by atoms with Crippen molar-refractivity contribution in [3.05, 3.63) is 30.3 Å². The number of likely N-dealkylation sites (N-methyl/N-ethyl adjacent to an activating group) is 1. The van der Waals surface area contributed by atoms with Gasteiger partial charge in [0.05, 0.1) is 5.54 Å². The maximum atomic E-state index is 11.6. The van der Waals surface area contributed by atoms with Crippen molar-refractivity contribution >= 4 is 11.6 Å². The van der Waals surface area contributed by atoms with Crippen LogP contribution in [0.15, 0.2) is 30.3 Å². The van der Waals surface area contributed by atoms with Crippen LogP contribution >= 0.6 is 0 Å². The molecule has 0 fully saturated rings. The van der Waals surface area contributed by atoms with Gasteiger partial charge >= 0.3 is 0 Å². The van der Waals surface area contributed by atoms with Crippen LogP contribution in [-0.4, -0.2) is 31.1 Å². The number of benzene rings is 1. The fourth-order valence-corrected chi connectivity index (χ4v) is 2.16. The van der Waals surface area contributed by atoms with Crippen molar-refractivity contribution in [3.8, 4) is 0 Å². The smallest absolute Gasteiger partial charge is 0.237 e. The predicted octanol–water partition coefficient (Wildman–Crippen LogP) is 1.76. The van der Waals surface area contributed by atoms with Crippen molar-refractivity contribution in [2.24, 2.45) is 5.73 Å². The first-order valence-corrected chi connectivity index (χ1v) is 6.88. The summed E-state index contributed by atoms with van der Waals surface area (Å²) in [6, 6.07) is 10.2. The highest BCUT2D eigenvalue weighted by atomic mass is 16.1. The van der Waals surface area contributed by atoms with Crippen molar-refractivity contribution < 1.29 is 4.79 Å². The summed E-state index contributed by atoms with van der Waals surface area (Å²) in [6.07, 6.45) is 0.693. The lowest BCUT2D eigenvalue weighted by atomic mass is 9.96. The van der Waals surface area contributed by atoms with Gasteiger partial charge in [-0.3, -0.25) is 4.79 Å². The van der Waals surface area contributed by atoms with E-state index in [-0.39, 0.29) is 5.91 Å². The third kappa shape index (κ3) is 4.24. The van der Waals surface area contributed by atoms with Gasteiger partial charge in [-0.15, -0.1) is 0 Å². The van der Waals surface area contributed by atoms with Crippen molar-refractivity contribution in [1.29, 1.82) is 0 Å². The summed E-state index contributed by atoms with van der Waals surface area (Å²) in [6.45, 7) is 8.41. The Balaban J connectivity index is 2.69. The van der Waals surface area contributed by atoms with Crippen LogP contribution < -0.4 is 16.0 Å². The number of carbonyl (C=O) groups excluding carboxylic acids is 1. The third-order valence-corrected chi connectivity index (χ3v) is 3.50. The van der Waals surface area contributed by atoms with Gasteiger partial charge in [0.2, 0.25) is 5.91 Å². The summed E-state index contributed by atoms with van der Waals surface area (Å²) in [7, 11) is 0. The van der Waals surface area contributed by atoms with E-state index in [1.54, 1.807) is 0 Å².